The van der Waals surface area contributed by atoms with Crippen molar-refractivity contribution in [1.29, 1.82) is 0 Å². The first-order valence-corrected chi connectivity index (χ1v) is 8.26. The van der Waals surface area contributed by atoms with Crippen molar-refractivity contribution in [2.45, 2.75) is 37.8 Å². The number of ether oxygens (including phenoxy) is 1. The van der Waals surface area contributed by atoms with Gasteiger partial charge in [0.2, 0.25) is 0 Å². The van der Waals surface area contributed by atoms with Gasteiger partial charge in [-0.05, 0) is 60.7 Å². The molecular weight excluding hydrogens is 289 g/mol. The average Bonchev–Trinajstić information content (AvgIpc) is 3.02. The maximum Gasteiger partial charge on any atom is 0.123 e. The van der Waals surface area contributed by atoms with Crippen LogP contribution in [0.2, 0.25) is 0 Å². The summed E-state index contributed by atoms with van der Waals surface area (Å²) in [6, 6.07) is 15.4. The molecule has 0 saturated heterocycles. The highest BCUT2D eigenvalue weighted by Crippen LogP contribution is 2.32. The van der Waals surface area contributed by atoms with Gasteiger partial charge in [0.15, 0.2) is 0 Å². The number of halogens is 1. The number of hydrogen-bond acceptors (Lipinski definition) is 1. The molecule has 0 amide bonds. The molecule has 1 heterocycles. The van der Waals surface area contributed by atoms with E-state index in [2.05, 4.69) is 41.2 Å². The van der Waals surface area contributed by atoms with Crippen LogP contribution in [0, 0.1) is 5.82 Å². The van der Waals surface area contributed by atoms with E-state index < -0.39 is 0 Å². The minimum Gasteiger partial charge on any atom is -0.490 e. The number of nitrogens with zero attached hydrogens (tertiary/aromatic N) is 1. The second-order valence-corrected chi connectivity index (χ2v) is 6.34. The largest absolute Gasteiger partial charge is 0.490 e. The maximum atomic E-state index is 12.9. The molecule has 2 aromatic carbocycles. The quantitative estimate of drug-likeness (QED) is 0.636. The molecule has 0 N–H and O–H groups in total. The van der Waals surface area contributed by atoms with Crippen LogP contribution in [-0.2, 0) is 0 Å². The summed E-state index contributed by atoms with van der Waals surface area (Å²) in [5.41, 5.74) is 0. The van der Waals surface area contributed by atoms with Crippen LogP contribution in [0.3, 0.4) is 0 Å². The van der Waals surface area contributed by atoms with Crippen molar-refractivity contribution in [3.8, 4) is 5.75 Å². The fourth-order valence-electron chi connectivity index (χ4n) is 3.48. The van der Waals surface area contributed by atoms with Gasteiger partial charge in [0.25, 0.3) is 0 Å². The summed E-state index contributed by atoms with van der Waals surface area (Å²) in [5.74, 6) is 0.544. The number of hydrogen-bond donors (Lipinski definition) is 0. The predicted octanol–water partition coefficient (Wildman–Crippen LogP) is 5.34. The van der Waals surface area contributed by atoms with Crippen LogP contribution in [0.5, 0.6) is 5.75 Å². The summed E-state index contributed by atoms with van der Waals surface area (Å²) >= 11 is 0. The van der Waals surface area contributed by atoms with Crippen molar-refractivity contribution in [3.63, 3.8) is 0 Å². The minimum absolute atomic E-state index is 0.222. The predicted molar refractivity (Wildman–Crippen MR) is 90.3 cm³/mol. The van der Waals surface area contributed by atoms with E-state index in [4.69, 9.17) is 4.74 Å². The van der Waals surface area contributed by atoms with Gasteiger partial charge in [0.1, 0.15) is 11.6 Å². The zero-order chi connectivity index (χ0) is 15.6. The lowest BCUT2D eigenvalue weighted by Crippen LogP contribution is -2.25. The highest BCUT2D eigenvalue weighted by Gasteiger charge is 2.23. The second-order valence-electron chi connectivity index (χ2n) is 6.34. The van der Waals surface area contributed by atoms with Crippen molar-refractivity contribution < 1.29 is 9.13 Å². The van der Waals surface area contributed by atoms with Gasteiger partial charge in [-0.15, -0.1) is 0 Å². The highest BCUT2D eigenvalue weighted by molar-refractivity contribution is 5.82. The Bertz CT molecular complexity index is 752. The molecule has 0 spiro atoms. The van der Waals surface area contributed by atoms with E-state index in [0.717, 1.165) is 31.4 Å². The van der Waals surface area contributed by atoms with E-state index in [0.29, 0.717) is 6.04 Å². The molecule has 0 radical (unpaired) electrons. The number of aromatic nitrogens is 1. The fourth-order valence-corrected chi connectivity index (χ4v) is 3.48. The third kappa shape index (κ3) is 3.09. The first kappa shape index (κ1) is 14.3. The van der Waals surface area contributed by atoms with E-state index in [1.807, 2.05) is 0 Å². The van der Waals surface area contributed by atoms with Crippen LogP contribution in [-0.4, -0.2) is 10.7 Å². The Hall–Kier alpha value is -2.29. The summed E-state index contributed by atoms with van der Waals surface area (Å²) in [6.07, 6.45) is 9.05. The van der Waals surface area contributed by atoms with E-state index in [-0.39, 0.29) is 11.9 Å². The lowest BCUT2D eigenvalue weighted by molar-refractivity contribution is 0.133. The Labute approximate surface area is 135 Å². The molecule has 4 rings (SSSR count). The fraction of sp³-hybridized carbons (Fsp3) is 0.300. The number of fused-ring (bicyclic) bond motifs is 1. The summed E-state index contributed by atoms with van der Waals surface area (Å²) in [5, 5.41) is 2.61. The van der Waals surface area contributed by atoms with Gasteiger partial charge >= 0.3 is 0 Å². The molecule has 1 fully saturated rings. The molecule has 1 aliphatic carbocycles. The van der Waals surface area contributed by atoms with Crippen LogP contribution in [0.15, 0.2) is 60.9 Å². The molecule has 2 nitrogen and oxygen atoms in total. The monoisotopic (exact) mass is 309 g/mol. The first-order valence-electron chi connectivity index (χ1n) is 8.26. The summed E-state index contributed by atoms with van der Waals surface area (Å²) in [7, 11) is 0. The van der Waals surface area contributed by atoms with Crippen molar-refractivity contribution in [1.82, 2.24) is 4.57 Å². The smallest absolute Gasteiger partial charge is 0.123 e. The van der Waals surface area contributed by atoms with Crippen LogP contribution >= 0.6 is 0 Å². The van der Waals surface area contributed by atoms with E-state index >= 15 is 0 Å². The Morgan fingerprint density at radius 1 is 0.826 bits per heavy atom. The Morgan fingerprint density at radius 2 is 1.43 bits per heavy atom. The third-order valence-corrected chi connectivity index (χ3v) is 4.75. The van der Waals surface area contributed by atoms with E-state index in [9.17, 15) is 4.39 Å². The zero-order valence-electron chi connectivity index (χ0n) is 13.0. The van der Waals surface area contributed by atoms with Crippen LogP contribution < -0.4 is 4.74 Å². The lowest BCUT2D eigenvalue weighted by Gasteiger charge is -2.30. The van der Waals surface area contributed by atoms with Crippen LogP contribution in [0.25, 0.3) is 10.8 Å². The molecule has 0 atom stereocenters. The molecule has 3 aromatic rings. The molecule has 0 bridgehead atoms. The van der Waals surface area contributed by atoms with Gasteiger partial charge in [-0.2, -0.15) is 0 Å². The average molecular weight is 309 g/mol. The molecule has 1 aromatic heterocycles. The lowest BCUT2D eigenvalue weighted by atomic mass is 9.93. The molecular formula is C20H20FNO. The van der Waals surface area contributed by atoms with Gasteiger partial charge in [0, 0.05) is 18.4 Å². The normalized spacial score (nSPS) is 21.4. The molecule has 1 aliphatic rings. The van der Waals surface area contributed by atoms with Crippen LogP contribution in [0.1, 0.15) is 31.7 Å². The minimum atomic E-state index is -0.222. The van der Waals surface area contributed by atoms with E-state index in [1.54, 1.807) is 12.1 Å². The van der Waals surface area contributed by atoms with Gasteiger partial charge in [0.05, 0.1) is 6.10 Å². The molecule has 23 heavy (non-hydrogen) atoms. The molecule has 0 aliphatic heterocycles. The molecule has 3 heteroatoms. The van der Waals surface area contributed by atoms with Gasteiger partial charge < -0.3 is 9.30 Å². The molecule has 118 valence electrons. The maximum absolute atomic E-state index is 12.9. The van der Waals surface area contributed by atoms with Gasteiger partial charge in [-0.1, -0.05) is 24.3 Å². The van der Waals surface area contributed by atoms with Crippen molar-refractivity contribution in [2.75, 3.05) is 0 Å². The highest BCUT2D eigenvalue weighted by atomic mass is 19.1. The molecule has 0 unspecified atom stereocenters. The number of rotatable bonds is 3. The molecule has 1 saturated carbocycles. The first-order chi connectivity index (χ1) is 11.3. The van der Waals surface area contributed by atoms with Gasteiger partial charge in [-0.3, -0.25) is 0 Å². The van der Waals surface area contributed by atoms with Crippen molar-refractivity contribution >= 4 is 10.8 Å². The topological polar surface area (TPSA) is 14.2 Å². The van der Waals surface area contributed by atoms with Crippen LogP contribution in [0.4, 0.5) is 4.39 Å². The Kier molecular flexibility index (Phi) is 3.78. The summed E-state index contributed by atoms with van der Waals surface area (Å²) in [4.78, 5) is 0. The number of benzene rings is 2. The van der Waals surface area contributed by atoms with E-state index in [1.165, 1.54) is 22.9 Å². The zero-order valence-corrected chi connectivity index (χ0v) is 13.0. The second kappa shape index (κ2) is 6.07. The Morgan fingerprint density at radius 3 is 2.04 bits per heavy atom. The SMILES string of the molecule is Fc1ccc(O[C@H]2CC[C@H](n3cc4ccccc4c3)CC2)cc1. The Balaban J connectivity index is 1.39. The summed E-state index contributed by atoms with van der Waals surface area (Å²) in [6.45, 7) is 0. The summed E-state index contributed by atoms with van der Waals surface area (Å²) < 4.78 is 21.3. The van der Waals surface area contributed by atoms with Crippen molar-refractivity contribution in [2.24, 2.45) is 0 Å². The van der Waals surface area contributed by atoms with Crippen molar-refractivity contribution in [3.05, 3.63) is 66.7 Å². The third-order valence-electron chi connectivity index (χ3n) is 4.75. The standard InChI is InChI=1S/C20H20FNO/c21-17-5-9-19(10-6-17)23-20-11-7-18(8-12-20)22-13-15-3-1-2-4-16(15)14-22/h1-6,9-10,13-14,18,20H,7-8,11-12H2/t18-,20-. The van der Waals surface area contributed by atoms with Gasteiger partial charge in [-0.25, -0.2) is 4.39 Å².